The normalized spacial score (nSPS) is 11.3. The Morgan fingerprint density at radius 2 is 0.723 bits per heavy atom. The van der Waals surface area contributed by atoms with E-state index >= 15 is 0 Å². The van der Waals surface area contributed by atoms with Gasteiger partial charge in [-0.25, -0.2) is 33.7 Å². The Hall–Kier alpha value is 1.42. The van der Waals surface area contributed by atoms with E-state index in [1.165, 1.54) is 0 Å². The number of aromatic nitrogens is 6. The fourth-order valence-electron chi connectivity index (χ4n) is 6.52. The van der Waals surface area contributed by atoms with Gasteiger partial charge in [0.2, 0.25) is 35.7 Å². The van der Waals surface area contributed by atoms with Crippen molar-refractivity contribution in [3.63, 3.8) is 0 Å². The maximum Gasteiger partial charge on any atom is 1.00 e. The molecule has 38 nitrogen and oxygen atoms in total. The van der Waals surface area contributed by atoms with E-state index in [2.05, 4.69) is 80.5 Å². The van der Waals surface area contributed by atoms with Gasteiger partial charge in [-0.15, -0.1) is 0 Å². The van der Waals surface area contributed by atoms with E-state index in [9.17, 15) is 102 Å². The number of nitrogens with zero attached hydrogens (tertiary/aromatic N) is 6. The van der Waals surface area contributed by atoms with Crippen LogP contribution in [0.4, 0.5) is 58.4 Å². The standard InChI is InChI=1S/C40H36N12O26S6.10Na/c53-31(54)15-25(33(57)58)45-39-49-35(47-37(51-39)43-23-13-21(81(63,64)65)7-9-27(23)79-77-75-61)41-19-5-3-17(29(11-19)83(69,70)71)1-2-18-4-6-20(12-30(18)84(72,73)74)42-36-48-38(52-40(50-36)46-26(34(59)60)16-32(55)56)44-24-14-22(82(66,67)68)8-10-28(24)80-78-76-62;;;;;;;;;;/h1-14,25-26,61-62H,15-16H2,(H,53,54)(H,55,56)(H,57,58)(H,59,60)(H,63,64,65)(H,66,67,68)(H,69,70,71)(H,72,73,74)(H3,41,43,45,47,49,51)(H3,42,44,46,48,50,52);;;;;;;;;;/q;10*+1/p-10/b2-1+;;;;;;;;;;. The van der Waals surface area contributed by atoms with Crippen molar-refractivity contribution < 1.29 is 416 Å². The van der Waals surface area contributed by atoms with Crippen LogP contribution in [0.5, 0.6) is 0 Å². The fourth-order valence-corrected chi connectivity index (χ4v) is 9.75. The first-order valence-electron chi connectivity index (χ1n) is 21.6. The number of nitrogens with one attached hydrogen (secondary N) is 6. The zero-order chi connectivity index (χ0) is 61.9. The summed E-state index contributed by atoms with van der Waals surface area (Å²) >= 11 is 0.339. The van der Waals surface area contributed by atoms with Crippen LogP contribution >= 0.6 is 24.1 Å². The molecule has 0 amide bonds. The molecule has 0 bridgehead atoms. The molecule has 0 saturated carbocycles. The topological polar surface area (TPSA) is 622 Å². The number of aliphatic carboxylic acids is 4. The van der Waals surface area contributed by atoms with E-state index in [4.69, 9.17) is 0 Å². The molecule has 0 spiro atoms. The molecule has 54 heteroatoms. The van der Waals surface area contributed by atoms with Gasteiger partial charge in [0.15, 0.2) is 0 Å². The predicted octanol–water partition coefficient (Wildman–Crippen LogP) is -35.3. The molecule has 0 aliphatic rings. The molecule has 4 aromatic carbocycles. The van der Waals surface area contributed by atoms with Gasteiger partial charge in [-0.3, -0.25) is 10.1 Å². The van der Waals surface area contributed by atoms with Gasteiger partial charge in [-0.1, -0.05) is 24.3 Å². The van der Waals surface area contributed by atoms with Crippen molar-refractivity contribution >= 4 is 159 Å². The van der Waals surface area contributed by atoms with Crippen LogP contribution in [0.1, 0.15) is 24.0 Å². The zero-order valence-corrected chi connectivity index (χ0v) is 75.3. The van der Waals surface area contributed by atoms with E-state index < -0.39 is 167 Å². The van der Waals surface area contributed by atoms with Crippen LogP contribution < -0.4 is 358 Å². The summed E-state index contributed by atoms with van der Waals surface area (Å²) in [6.45, 7) is 0. The summed E-state index contributed by atoms with van der Waals surface area (Å²) in [6.07, 6.45) is -0.762. The minimum absolute atomic E-state index is 0. The van der Waals surface area contributed by atoms with E-state index in [1.807, 2.05) is 0 Å². The van der Waals surface area contributed by atoms with Crippen molar-refractivity contribution in [3.05, 3.63) is 83.9 Å². The van der Waals surface area contributed by atoms with Gasteiger partial charge >= 0.3 is 296 Å². The maximum absolute atomic E-state index is 12.7. The Bertz CT molecular complexity index is 3830. The van der Waals surface area contributed by atoms with Gasteiger partial charge in [0, 0.05) is 36.2 Å². The molecule has 2 unspecified atom stereocenters. The molecule has 0 fully saturated rings. The molecule has 6 aromatic rings. The van der Waals surface area contributed by atoms with Gasteiger partial charge < -0.3 is 100 Å². The van der Waals surface area contributed by atoms with Crippen LogP contribution in [0.3, 0.4) is 0 Å². The van der Waals surface area contributed by atoms with Crippen LogP contribution in [-0.2, 0) is 78.4 Å². The largest absolute Gasteiger partial charge is 1.00 e. The summed E-state index contributed by atoms with van der Waals surface area (Å²) in [5.41, 5.74) is -2.53. The van der Waals surface area contributed by atoms with Gasteiger partial charge in [0.05, 0.1) is 88.9 Å². The smallest absolute Gasteiger partial charge is 0.744 e. The van der Waals surface area contributed by atoms with Crippen molar-refractivity contribution in [2.75, 3.05) is 31.9 Å². The van der Waals surface area contributed by atoms with Gasteiger partial charge in [-0.2, -0.15) is 38.6 Å². The third-order valence-corrected chi connectivity index (χ3v) is 14.7. The number of rotatable bonds is 30. The van der Waals surface area contributed by atoms with E-state index in [1.54, 1.807) is 0 Å². The Morgan fingerprint density at radius 1 is 0.426 bits per heavy atom. The van der Waals surface area contributed by atoms with Crippen molar-refractivity contribution in [2.24, 2.45) is 0 Å². The first kappa shape index (κ1) is 104. The van der Waals surface area contributed by atoms with Crippen LogP contribution in [-0.4, -0.2) is 118 Å². The van der Waals surface area contributed by atoms with Crippen LogP contribution in [0.2, 0.25) is 0 Å². The number of anilines is 10. The molecule has 2 heterocycles. The fraction of sp³-hybridized carbons (Fsp3) is 0.100. The molecule has 2 atom stereocenters. The van der Waals surface area contributed by atoms with Crippen LogP contribution in [0.15, 0.2) is 102 Å². The number of benzene rings is 4. The second-order valence-corrected chi connectivity index (χ2v) is 22.6. The second kappa shape index (κ2) is 47.7. The Balaban J connectivity index is -0.00000264. The minimum Gasteiger partial charge on any atom is -0.744 e. The molecule has 6 N–H and O–H groups in total. The predicted molar refractivity (Wildman–Crippen MR) is 259 cm³/mol. The average molecular weight is 1510 g/mol. The average Bonchev–Trinajstić information content (AvgIpc) is 0.824. The number of carboxylic acid groups (broad SMARTS) is 4. The van der Waals surface area contributed by atoms with Crippen molar-refractivity contribution in [1.82, 2.24) is 29.9 Å². The molecule has 0 radical (unpaired) electrons. The Labute approximate surface area is 761 Å². The summed E-state index contributed by atoms with van der Waals surface area (Å²) in [4.78, 5) is 65.5. The van der Waals surface area contributed by atoms with Gasteiger partial charge in [0.25, 0.3) is 0 Å². The number of hydrogen-bond donors (Lipinski definition) is 6. The molecule has 0 saturated heterocycles. The summed E-state index contributed by atoms with van der Waals surface area (Å²) in [5.74, 6) is -12.2. The van der Waals surface area contributed by atoms with E-state index in [0.717, 1.165) is 60.7 Å². The molecule has 2 aromatic heterocycles. The van der Waals surface area contributed by atoms with Crippen molar-refractivity contribution in [2.45, 2.75) is 54.3 Å². The number of carbonyl (C=O) groups excluding carboxylic acids is 4. The number of carboxylic acids is 4. The summed E-state index contributed by atoms with van der Waals surface area (Å²) < 4.78 is 156. The maximum atomic E-state index is 12.7. The molecule has 448 valence electrons. The van der Waals surface area contributed by atoms with Crippen LogP contribution in [0, 0.1) is 0 Å². The summed E-state index contributed by atoms with van der Waals surface area (Å²) in [7, 11) is -21.4. The first-order chi connectivity index (χ1) is 39.3. The molecule has 0 aliphatic carbocycles. The Kier molecular flexibility index (Phi) is 52.8. The quantitative estimate of drug-likeness (QED) is 0.00609. The molecular weight excluding hydrogens is 1490 g/mol. The molecule has 94 heavy (non-hydrogen) atoms. The minimum atomic E-state index is -5.54. The van der Waals surface area contributed by atoms with E-state index in [0.29, 0.717) is 24.3 Å². The summed E-state index contributed by atoms with van der Waals surface area (Å²) in [5, 5.41) is 88.0. The van der Waals surface area contributed by atoms with Gasteiger partial charge in [0.1, 0.15) is 40.5 Å². The monoisotopic (exact) mass is 1510 g/mol. The molecule has 0 aliphatic heterocycles. The van der Waals surface area contributed by atoms with Gasteiger partial charge in [-0.05, 0) is 71.8 Å². The SMILES string of the molecule is O=C([O-])CC(Nc1nc(Nc2ccc(/C=C/c3ccc(Nc4nc(Nc5cc(S(=O)(=O)[O-])ccc5SOO[O-])nc(NC(CC(=O)[O-])C(=O)[O-])n4)cc3S(=O)(=O)[O-])c(S(=O)(=O)[O-])c2)nc(Nc2cc(S(=O)(=O)[O-])ccc2SOO[O-])n1)C(=O)[O-].[Na+].[Na+].[Na+].[Na+].[Na+].[Na+].[Na+].[Na+].[Na+].[Na+]. The Morgan fingerprint density at radius 3 is 0.989 bits per heavy atom. The third-order valence-electron chi connectivity index (χ3n) is 9.98. The van der Waals surface area contributed by atoms with Crippen molar-refractivity contribution in [1.29, 1.82) is 0 Å². The second-order valence-electron chi connectivity index (χ2n) is 15.7. The zero-order valence-electron chi connectivity index (χ0n) is 50.4. The molecular formula is C40H26N12Na10O26S6. The number of hydrogen-bond acceptors (Lipinski definition) is 40. The van der Waals surface area contributed by atoms with Crippen molar-refractivity contribution in [3.8, 4) is 0 Å². The number of carbonyl (C=O) groups is 4. The van der Waals surface area contributed by atoms with E-state index in [-0.39, 0.29) is 341 Å². The first-order valence-corrected chi connectivity index (χ1v) is 28.7. The third kappa shape index (κ3) is 33.5. The summed E-state index contributed by atoms with van der Waals surface area (Å²) in [6, 6.07) is 6.06. The molecule has 6 rings (SSSR count). The van der Waals surface area contributed by atoms with Crippen LogP contribution in [0.25, 0.3) is 12.2 Å².